The Bertz CT molecular complexity index is 787. The third-order valence-electron chi connectivity index (χ3n) is 3.99. The Morgan fingerprint density at radius 2 is 2.17 bits per heavy atom. The fourth-order valence-electron chi connectivity index (χ4n) is 2.77. The maximum atomic E-state index is 11.9. The van der Waals surface area contributed by atoms with E-state index in [0.29, 0.717) is 13.0 Å². The fraction of sp³-hybridized carbons (Fsp3) is 0.333. The number of carbonyl (C=O) groups excluding carboxylic acids is 1. The molecule has 0 atom stereocenters. The first-order chi connectivity index (χ1) is 11.2. The molecule has 0 bridgehead atoms. The first-order valence-corrected chi connectivity index (χ1v) is 8.01. The van der Waals surface area contributed by atoms with Crippen LogP contribution in [0.4, 0.5) is 0 Å². The van der Waals surface area contributed by atoms with Gasteiger partial charge in [0.05, 0.1) is 12.0 Å². The molecule has 0 radical (unpaired) electrons. The summed E-state index contributed by atoms with van der Waals surface area (Å²) >= 11 is 0. The number of fused-ring (bicyclic) bond motifs is 1. The number of H-pyrrole nitrogens is 1. The molecule has 3 rings (SSSR count). The molecule has 0 unspecified atom stereocenters. The van der Waals surface area contributed by atoms with E-state index in [-0.39, 0.29) is 5.91 Å². The second-order valence-electron chi connectivity index (χ2n) is 5.84. The van der Waals surface area contributed by atoms with Crippen molar-refractivity contribution in [3.8, 4) is 0 Å². The monoisotopic (exact) mass is 310 g/mol. The average Bonchev–Trinajstić information content (AvgIpc) is 3.16. The van der Waals surface area contributed by atoms with Gasteiger partial charge in [0, 0.05) is 43.3 Å². The van der Waals surface area contributed by atoms with Crippen LogP contribution in [0.5, 0.6) is 0 Å². The van der Waals surface area contributed by atoms with Crippen LogP contribution in [0.2, 0.25) is 0 Å². The Morgan fingerprint density at radius 3 is 3.00 bits per heavy atom. The third-order valence-corrected chi connectivity index (χ3v) is 3.99. The molecule has 0 saturated heterocycles. The predicted octanol–water partition coefficient (Wildman–Crippen LogP) is 2.58. The lowest BCUT2D eigenvalue weighted by atomic mass is 10.1. The van der Waals surface area contributed by atoms with Gasteiger partial charge in [-0.1, -0.05) is 18.2 Å². The minimum atomic E-state index is 0.108. The van der Waals surface area contributed by atoms with Gasteiger partial charge in [-0.15, -0.1) is 0 Å². The average molecular weight is 310 g/mol. The zero-order valence-corrected chi connectivity index (χ0v) is 13.4. The van der Waals surface area contributed by atoms with E-state index in [1.165, 1.54) is 10.9 Å². The molecular weight excluding hydrogens is 288 g/mol. The summed E-state index contributed by atoms with van der Waals surface area (Å²) in [6.45, 7) is 0.698. The molecule has 0 aliphatic heterocycles. The Labute approximate surface area is 135 Å². The lowest BCUT2D eigenvalue weighted by molar-refractivity contribution is -0.121. The van der Waals surface area contributed by atoms with E-state index in [9.17, 15) is 4.79 Å². The molecule has 2 aromatic heterocycles. The van der Waals surface area contributed by atoms with Crippen LogP contribution in [-0.2, 0) is 24.7 Å². The second-order valence-corrected chi connectivity index (χ2v) is 5.84. The number of rotatable bonds is 7. The van der Waals surface area contributed by atoms with E-state index in [2.05, 4.69) is 27.4 Å². The Kier molecular flexibility index (Phi) is 4.76. The summed E-state index contributed by atoms with van der Waals surface area (Å²) in [6.07, 6.45) is 8.90. The molecule has 0 aliphatic carbocycles. The van der Waals surface area contributed by atoms with Crippen molar-refractivity contribution >= 4 is 16.8 Å². The number of aromatic amines is 1. The normalized spacial score (nSPS) is 11.0. The first kappa shape index (κ1) is 15.3. The van der Waals surface area contributed by atoms with Gasteiger partial charge in [-0.05, 0) is 30.9 Å². The number of para-hydroxylation sites is 1. The third kappa shape index (κ3) is 4.00. The van der Waals surface area contributed by atoms with Crippen LogP contribution in [0.1, 0.15) is 24.1 Å². The first-order valence-electron chi connectivity index (χ1n) is 8.01. The molecule has 1 aromatic carbocycles. The molecule has 5 nitrogen and oxygen atoms in total. The number of aryl methyl sites for hydroxylation is 3. The van der Waals surface area contributed by atoms with Crippen LogP contribution in [0.15, 0.2) is 43.0 Å². The molecule has 0 spiro atoms. The Balaban J connectivity index is 1.39. The van der Waals surface area contributed by atoms with Crippen molar-refractivity contribution in [1.29, 1.82) is 0 Å². The molecule has 0 saturated carbocycles. The van der Waals surface area contributed by atoms with Crippen LogP contribution in [-0.4, -0.2) is 27.0 Å². The standard InChI is InChI=1S/C18H22N4O/c1-22-12-15(21-13-22)5-4-10-19-18(23)9-8-14-11-20-17-7-3-2-6-16(14)17/h2-3,6-7,11-13,20H,4-5,8-10H2,1H3,(H,19,23). The van der Waals surface area contributed by atoms with E-state index in [0.717, 1.165) is 30.5 Å². The van der Waals surface area contributed by atoms with Gasteiger partial charge < -0.3 is 14.9 Å². The van der Waals surface area contributed by atoms with Crippen molar-refractivity contribution in [1.82, 2.24) is 19.9 Å². The molecule has 23 heavy (non-hydrogen) atoms. The molecule has 0 aliphatic rings. The number of hydrogen-bond donors (Lipinski definition) is 2. The zero-order chi connectivity index (χ0) is 16.1. The number of imidazole rings is 1. The quantitative estimate of drug-likeness (QED) is 0.659. The number of aromatic nitrogens is 3. The molecular formula is C18H22N4O. The fourth-order valence-corrected chi connectivity index (χ4v) is 2.77. The molecule has 120 valence electrons. The summed E-state index contributed by atoms with van der Waals surface area (Å²) < 4.78 is 1.94. The zero-order valence-electron chi connectivity index (χ0n) is 13.4. The number of amides is 1. The summed E-state index contributed by atoms with van der Waals surface area (Å²) in [4.78, 5) is 19.5. The van der Waals surface area contributed by atoms with Crippen molar-refractivity contribution in [2.75, 3.05) is 6.54 Å². The van der Waals surface area contributed by atoms with E-state index < -0.39 is 0 Å². The maximum Gasteiger partial charge on any atom is 0.220 e. The van der Waals surface area contributed by atoms with Crippen LogP contribution in [0.3, 0.4) is 0 Å². The largest absolute Gasteiger partial charge is 0.361 e. The van der Waals surface area contributed by atoms with Gasteiger partial charge in [0.25, 0.3) is 0 Å². The molecule has 2 heterocycles. The van der Waals surface area contributed by atoms with E-state index in [4.69, 9.17) is 0 Å². The minimum absolute atomic E-state index is 0.108. The number of benzene rings is 1. The van der Waals surface area contributed by atoms with E-state index in [1.54, 1.807) is 6.33 Å². The van der Waals surface area contributed by atoms with Crippen molar-refractivity contribution in [2.45, 2.75) is 25.7 Å². The van der Waals surface area contributed by atoms with Gasteiger partial charge in [-0.3, -0.25) is 4.79 Å². The van der Waals surface area contributed by atoms with Gasteiger partial charge in [0.15, 0.2) is 0 Å². The number of nitrogens with one attached hydrogen (secondary N) is 2. The second kappa shape index (κ2) is 7.13. The van der Waals surface area contributed by atoms with Crippen LogP contribution < -0.4 is 5.32 Å². The highest BCUT2D eigenvalue weighted by atomic mass is 16.1. The smallest absolute Gasteiger partial charge is 0.220 e. The molecule has 5 heteroatoms. The predicted molar refractivity (Wildman–Crippen MR) is 91.2 cm³/mol. The lowest BCUT2D eigenvalue weighted by Gasteiger charge is -2.04. The van der Waals surface area contributed by atoms with Crippen LogP contribution in [0, 0.1) is 0 Å². The highest BCUT2D eigenvalue weighted by Crippen LogP contribution is 2.18. The lowest BCUT2D eigenvalue weighted by Crippen LogP contribution is -2.24. The highest BCUT2D eigenvalue weighted by Gasteiger charge is 2.06. The van der Waals surface area contributed by atoms with Gasteiger partial charge in [-0.25, -0.2) is 4.98 Å². The summed E-state index contributed by atoms with van der Waals surface area (Å²) in [5.41, 5.74) is 3.39. The molecule has 1 amide bonds. The SMILES string of the molecule is Cn1cnc(CCCNC(=O)CCc2c[nH]c3ccccc23)c1. The topological polar surface area (TPSA) is 62.7 Å². The Hall–Kier alpha value is -2.56. The van der Waals surface area contributed by atoms with Crippen LogP contribution >= 0.6 is 0 Å². The summed E-state index contributed by atoms with van der Waals surface area (Å²) in [5.74, 6) is 0.108. The van der Waals surface area contributed by atoms with Crippen molar-refractivity contribution < 1.29 is 4.79 Å². The number of carbonyl (C=O) groups is 1. The number of hydrogen-bond acceptors (Lipinski definition) is 2. The Morgan fingerprint density at radius 1 is 1.30 bits per heavy atom. The van der Waals surface area contributed by atoms with Crippen molar-refractivity contribution in [3.05, 3.63) is 54.2 Å². The maximum absolute atomic E-state index is 11.9. The van der Waals surface area contributed by atoms with Gasteiger partial charge in [0.1, 0.15) is 0 Å². The van der Waals surface area contributed by atoms with Crippen molar-refractivity contribution in [2.24, 2.45) is 7.05 Å². The molecule has 0 fully saturated rings. The summed E-state index contributed by atoms with van der Waals surface area (Å²) in [7, 11) is 1.96. The van der Waals surface area contributed by atoms with E-state index in [1.807, 2.05) is 36.1 Å². The van der Waals surface area contributed by atoms with Gasteiger partial charge in [-0.2, -0.15) is 0 Å². The molecule has 3 aromatic rings. The van der Waals surface area contributed by atoms with Gasteiger partial charge >= 0.3 is 0 Å². The van der Waals surface area contributed by atoms with E-state index >= 15 is 0 Å². The minimum Gasteiger partial charge on any atom is -0.361 e. The highest BCUT2D eigenvalue weighted by molar-refractivity contribution is 5.84. The summed E-state index contributed by atoms with van der Waals surface area (Å²) in [6, 6.07) is 8.18. The number of nitrogens with zero attached hydrogens (tertiary/aromatic N) is 2. The summed E-state index contributed by atoms with van der Waals surface area (Å²) in [5, 5.41) is 4.19. The molecule has 2 N–H and O–H groups in total. The van der Waals surface area contributed by atoms with Crippen molar-refractivity contribution in [3.63, 3.8) is 0 Å². The van der Waals surface area contributed by atoms with Gasteiger partial charge in [0.2, 0.25) is 5.91 Å². The van der Waals surface area contributed by atoms with Crippen LogP contribution in [0.25, 0.3) is 10.9 Å².